The smallest absolute Gasteiger partial charge is 0.138 e. The molecule has 100 valence electrons. The Labute approximate surface area is 112 Å². The van der Waals surface area contributed by atoms with Gasteiger partial charge in [0.05, 0.1) is 17.7 Å². The molecule has 2 N–H and O–H groups in total. The van der Waals surface area contributed by atoms with Crippen molar-refractivity contribution in [2.45, 2.75) is 50.9 Å². The van der Waals surface area contributed by atoms with Crippen LogP contribution in [0.25, 0.3) is 0 Å². The molecule has 18 heavy (non-hydrogen) atoms. The zero-order valence-electron chi connectivity index (χ0n) is 10.3. The molecule has 0 radical (unpaired) electrons. The summed E-state index contributed by atoms with van der Waals surface area (Å²) in [6.45, 7) is -0.0357. The molecule has 0 saturated heterocycles. The van der Waals surface area contributed by atoms with Crippen LogP contribution >= 0.6 is 11.6 Å². The topological polar surface area (TPSA) is 49.7 Å². The summed E-state index contributed by atoms with van der Waals surface area (Å²) in [6, 6.07) is 5.23. The standard InChI is InChI=1S/C14H19ClO3/c15-11-8-10(9-16)6-7-13(11)18-14-5-3-1-2-4-12(14)17/h6-8,12,14,16-17H,1-5,9H2. The number of rotatable bonds is 3. The SMILES string of the molecule is OCc1ccc(OC2CCCCCC2O)c(Cl)c1. The number of aliphatic hydroxyl groups excluding tert-OH is 2. The van der Waals surface area contributed by atoms with E-state index in [9.17, 15) is 5.11 Å². The first-order valence-corrected chi connectivity index (χ1v) is 6.82. The highest BCUT2D eigenvalue weighted by Gasteiger charge is 2.23. The van der Waals surface area contributed by atoms with Crippen LogP contribution in [0.3, 0.4) is 0 Å². The number of ether oxygens (including phenoxy) is 1. The van der Waals surface area contributed by atoms with Crippen molar-refractivity contribution in [3.8, 4) is 5.75 Å². The molecule has 1 aromatic rings. The number of hydrogen-bond acceptors (Lipinski definition) is 3. The molecule has 1 aliphatic rings. The van der Waals surface area contributed by atoms with Gasteiger partial charge in [-0.1, -0.05) is 30.5 Å². The molecule has 0 spiro atoms. The van der Waals surface area contributed by atoms with Crippen molar-refractivity contribution in [2.75, 3.05) is 0 Å². The average Bonchev–Trinajstić information content (AvgIpc) is 2.57. The molecule has 0 heterocycles. The maximum absolute atomic E-state index is 9.99. The molecule has 1 fully saturated rings. The van der Waals surface area contributed by atoms with Crippen LogP contribution in [0.2, 0.25) is 5.02 Å². The third-order valence-corrected chi connectivity index (χ3v) is 3.67. The van der Waals surface area contributed by atoms with E-state index in [4.69, 9.17) is 21.4 Å². The summed E-state index contributed by atoms with van der Waals surface area (Å²) in [5.41, 5.74) is 0.758. The maximum atomic E-state index is 9.99. The van der Waals surface area contributed by atoms with Crippen LogP contribution in [0.15, 0.2) is 18.2 Å². The first-order valence-electron chi connectivity index (χ1n) is 6.44. The fourth-order valence-corrected chi connectivity index (χ4v) is 2.54. The summed E-state index contributed by atoms with van der Waals surface area (Å²) >= 11 is 6.10. The van der Waals surface area contributed by atoms with Gasteiger partial charge < -0.3 is 14.9 Å². The summed E-state index contributed by atoms with van der Waals surface area (Å²) in [5.74, 6) is 0.583. The molecule has 2 unspecified atom stereocenters. The Morgan fingerprint density at radius 3 is 2.72 bits per heavy atom. The minimum Gasteiger partial charge on any atom is -0.486 e. The lowest BCUT2D eigenvalue weighted by Crippen LogP contribution is -2.30. The molecule has 0 amide bonds. The van der Waals surface area contributed by atoms with Crippen LogP contribution in [0.4, 0.5) is 0 Å². The molecule has 0 aromatic heterocycles. The van der Waals surface area contributed by atoms with Gasteiger partial charge in [-0.15, -0.1) is 0 Å². The number of benzene rings is 1. The fraction of sp³-hybridized carbons (Fsp3) is 0.571. The van der Waals surface area contributed by atoms with E-state index in [0.29, 0.717) is 10.8 Å². The van der Waals surface area contributed by atoms with Crippen LogP contribution in [0.5, 0.6) is 5.75 Å². The molecule has 0 aliphatic heterocycles. The van der Waals surface area contributed by atoms with Gasteiger partial charge >= 0.3 is 0 Å². The molecular formula is C14H19ClO3. The van der Waals surface area contributed by atoms with Gasteiger partial charge in [0.25, 0.3) is 0 Å². The van der Waals surface area contributed by atoms with Crippen LogP contribution in [-0.2, 0) is 6.61 Å². The second-order valence-electron chi connectivity index (χ2n) is 4.78. The van der Waals surface area contributed by atoms with Crippen molar-refractivity contribution in [1.82, 2.24) is 0 Å². The molecule has 1 aromatic carbocycles. The number of aliphatic hydroxyl groups is 2. The summed E-state index contributed by atoms with van der Waals surface area (Å²) in [5, 5.41) is 19.5. The van der Waals surface area contributed by atoms with E-state index in [1.807, 2.05) is 0 Å². The molecule has 2 rings (SSSR count). The molecule has 2 atom stereocenters. The van der Waals surface area contributed by atoms with Gasteiger partial charge in [-0.2, -0.15) is 0 Å². The number of hydrogen-bond donors (Lipinski definition) is 2. The summed E-state index contributed by atoms with van der Waals surface area (Å²) < 4.78 is 5.81. The molecular weight excluding hydrogens is 252 g/mol. The third-order valence-electron chi connectivity index (χ3n) is 3.37. The van der Waals surface area contributed by atoms with Gasteiger partial charge in [0.1, 0.15) is 11.9 Å². The predicted octanol–water partition coefficient (Wildman–Crippen LogP) is 2.90. The minimum absolute atomic E-state index is 0.0357. The van der Waals surface area contributed by atoms with E-state index in [0.717, 1.165) is 37.7 Å². The Morgan fingerprint density at radius 2 is 2.00 bits per heavy atom. The number of halogens is 1. The van der Waals surface area contributed by atoms with Crippen molar-refractivity contribution >= 4 is 11.6 Å². The zero-order chi connectivity index (χ0) is 13.0. The van der Waals surface area contributed by atoms with Gasteiger partial charge in [-0.05, 0) is 37.0 Å². The average molecular weight is 271 g/mol. The lowest BCUT2D eigenvalue weighted by atomic mass is 10.1. The maximum Gasteiger partial charge on any atom is 0.138 e. The summed E-state index contributed by atoms with van der Waals surface area (Å²) in [7, 11) is 0. The molecule has 1 aliphatic carbocycles. The second kappa shape index (κ2) is 6.41. The second-order valence-corrected chi connectivity index (χ2v) is 5.19. The normalized spacial score (nSPS) is 24.6. The van der Waals surface area contributed by atoms with Crippen molar-refractivity contribution < 1.29 is 14.9 Å². The highest BCUT2D eigenvalue weighted by Crippen LogP contribution is 2.29. The Balaban J connectivity index is 2.07. The predicted molar refractivity (Wildman–Crippen MR) is 70.9 cm³/mol. The van der Waals surface area contributed by atoms with E-state index in [2.05, 4.69) is 0 Å². The lowest BCUT2D eigenvalue weighted by molar-refractivity contribution is 0.0320. The van der Waals surface area contributed by atoms with Crippen LogP contribution < -0.4 is 4.74 Å². The molecule has 4 heteroatoms. The van der Waals surface area contributed by atoms with Crippen LogP contribution in [-0.4, -0.2) is 22.4 Å². The van der Waals surface area contributed by atoms with Crippen molar-refractivity contribution in [1.29, 1.82) is 0 Å². The Morgan fingerprint density at radius 1 is 1.22 bits per heavy atom. The van der Waals surface area contributed by atoms with Crippen molar-refractivity contribution in [3.05, 3.63) is 28.8 Å². The van der Waals surface area contributed by atoms with Crippen LogP contribution in [0, 0.1) is 0 Å². The van der Waals surface area contributed by atoms with Gasteiger partial charge in [0.2, 0.25) is 0 Å². The monoisotopic (exact) mass is 270 g/mol. The van der Waals surface area contributed by atoms with Crippen molar-refractivity contribution in [3.63, 3.8) is 0 Å². The van der Waals surface area contributed by atoms with E-state index in [1.165, 1.54) is 0 Å². The van der Waals surface area contributed by atoms with Gasteiger partial charge in [0, 0.05) is 0 Å². The van der Waals surface area contributed by atoms with E-state index in [1.54, 1.807) is 18.2 Å². The van der Waals surface area contributed by atoms with Gasteiger partial charge in [0.15, 0.2) is 0 Å². The first kappa shape index (κ1) is 13.7. The quantitative estimate of drug-likeness (QED) is 0.831. The Bertz CT molecular complexity index is 395. The fourth-order valence-electron chi connectivity index (χ4n) is 2.29. The van der Waals surface area contributed by atoms with E-state index in [-0.39, 0.29) is 12.7 Å². The molecule has 1 saturated carbocycles. The Kier molecular flexibility index (Phi) is 4.87. The minimum atomic E-state index is -0.416. The Hall–Kier alpha value is -0.770. The van der Waals surface area contributed by atoms with E-state index >= 15 is 0 Å². The van der Waals surface area contributed by atoms with Gasteiger partial charge in [-0.3, -0.25) is 0 Å². The lowest BCUT2D eigenvalue weighted by Gasteiger charge is -2.22. The van der Waals surface area contributed by atoms with Crippen LogP contribution in [0.1, 0.15) is 37.7 Å². The van der Waals surface area contributed by atoms with Gasteiger partial charge in [-0.25, -0.2) is 0 Å². The molecule has 0 bridgehead atoms. The third kappa shape index (κ3) is 3.37. The highest BCUT2D eigenvalue weighted by atomic mass is 35.5. The molecule has 3 nitrogen and oxygen atoms in total. The first-order chi connectivity index (χ1) is 8.70. The summed E-state index contributed by atoms with van der Waals surface area (Å²) in [4.78, 5) is 0. The summed E-state index contributed by atoms with van der Waals surface area (Å²) in [6.07, 6.45) is 4.34. The zero-order valence-corrected chi connectivity index (χ0v) is 11.1. The van der Waals surface area contributed by atoms with Crippen molar-refractivity contribution in [2.24, 2.45) is 0 Å². The van der Waals surface area contributed by atoms with E-state index < -0.39 is 6.10 Å². The largest absolute Gasteiger partial charge is 0.486 e. The highest BCUT2D eigenvalue weighted by molar-refractivity contribution is 6.32.